The summed E-state index contributed by atoms with van der Waals surface area (Å²) in [6.45, 7) is 5.35. The fourth-order valence-electron chi connectivity index (χ4n) is 2.35. The standard InChI is InChI=1S/C20H22N2O5/c1-4-26-19(24)10-7-15-5-8-16(9-6-15)22-18(23)12-21-20(25)17-11-13(2)27-14(17)3/h5-11H,4,12H2,1-3H3,(H,21,25)(H,22,23)/b10-7+. The van der Waals surface area contributed by atoms with Crippen LogP contribution in [0.3, 0.4) is 0 Å². The summed E-state index contributed by atoms with van der Waals surface area (Å²) in [4.78, 5) is 35.3. The number of hydrogen-bond donors (Lipinski definition) is 2. The Hall–Kier alpha value is -3.35. The Morgan fingerprint density at radius 3 is 2.44 bits per heavy atom. The third-order valence-corrected chi connectivity index (χ3v) is 3.59. The third-order valence-electron chi connectivity index (χ3n) is 3.59. The minimum Gasteiger partial charge on any atom is -0.466 e. The number of esters is 1. The molecule has 2 aromatic rings. The van der Waals surface area contributed by atoms with E-state index >= 15 is 0 Å². The van der Waals surface area contributed by atoms with Crippen LogP contribution in [0.4, 0.5) is 5.69 Å². The van der Waals surface area contributed by atoms with E-state index in [1.807, 2.05) is 0 Å². The van der Waals surface area contributed by atoms with Gasteiger partial charge < -0.3 is 19.8 Å². The maximum Gasteiger partial charge on any atom is 0.330 e. The number of benzene rings is 1. The van der Waals surface area contributed by atoms with Crippen molar-refractivity contribution < 1.29 is 23.5 Å². The molecule has 0 spiro atoms. The molecular formula is C20H22N2O5. The average molecular weight is 370 g/mol. The molecule has 27 heavy (non-hydrogen) atoms. The van der Waals surface area contributed by atoms with Gasteiger partial charge in [-0.2, -0.15) is 0 Å². The van der Waals surface area contributed by atoms with E-state index in [-0.39, 0.29) is 18.4 Å². The molecule has 0 radical (unpaired) electrons. The predicted octanol–water partition coefficient (Wildman–Crippen LogP) is 2.84. The molecule has 0 aliphatic rings. The minimum absolute atomic E-state index is 0.160. The summed E-state index contributed by atoms with van der Waals surface area (Å²) in [7, 11) is 0. The number of carbonyl (C=O) groups is 3. The molecule has 0 aliphatic carbocycles. The smallest absolute Gasteiger partial charge is 0.330 e. The average Bonchev–Trinajstić information content (AvgIpc) is 2.97. The van der Waals surface area contributed by atoms with E-state index in [0.717, 1.165) is 5.56 Å². The van der Waals surface area contributed by atoms with Crippen molar-refractivity contribution >= 4 is 29.5 Å². The topological polar surface area (TPSA) is 97.6 Å². The Kier molecular flexibility index (Phi) is 6.93. The molecular weight excluding hydrogens is 348 g/mol. The van der Waals surface area contributed by atoms with Crippen molar-refractivity contribution in [3.05, 3.63) is 59.1 Å². The zero-order chi connectivity index (χ0) is 19.8. The molecule has 0 unspecified atom stereocenters. The molecule has 142 valence electrons. The number of aryl methyl sites for hydroxylation is 2. The highest BCUT2D eigenvalue weighted by molar-refractivity contribution is 6.00. The first-order valence-electron chi connectivity index (χ1n) is 8.49. The lowest BCUT2D eigenvalue weighted by molar-refractivity contribution is -0.137. The molecule has 0 saturated heterocycles. The monoisotopic (exact) mass is 370 g/mol. The molecule has 0 fully saturated rings. The molecule has 1 aromatic heterocycles. The van der Waals surface area contributed by atoms with E-state index in [9.17, 15) is 14.4 Å². The number of rotatable bonds is 7. The van der Waals surface area contributed by atoms with Gasteiger partial charge in [0, 0.05) is 11.8 Å². The van der Waals surface area contributed by atoms with Crippen LogP contribution in [0.5, 0.6) is 0 Å². The van der Waals surface area contributed by atoms with E-state index in [2.05, 4.69) is 10.6 Å². The van der Waals surface area contributed by atoms with Gasteiger partial charge in [-0.3, -0.25) is 9.59 Å². The maximum atomic E-state index is 12.1. The van der Waals surface area contributed by atoms with Gasteiger partial charge >= 0.3 is 5.97 Å². The Morgan fingerprint density at radius 2 is 1.85 bits per heavy atom. The molecule has 7 heteroatoms. The maximum absolute atomic E-state index is 12.1. The lowest BCUT2D eigenvalue weighted by atomic mass is 10.2. The second-order valence-electron chi connectivity index (χ2n) is 5.77. The number of furan rings is 1. The summed E-state index contributed by atoms with van der Waals surface area (Å²) in [5, 5.41) is 5.24. The molecule has 7 nitrogen and oxygen atoms in total. The highest BCUT2D eigenvalue weighted by Crippen LogP contribution is 2.13. The third kappa shape index (κ3) is 6.14. The molecule has 0 aliphatic heterocycles. The van der Waals surface area contributed by atoms with Crippen molar-refractivity contribution in [2.45, 2.75) is 20.8 Å². The van der Waals surface area contributed by atoms with Gasteiger partial charge in [-0.25, -0.2) is 4.79 Å². The summed E-state index contributed by atoms with van der Waals surface area (Å²) in [5.74, 6) is 0.0275. The van der Waals surface area contributed by atoms with Gasteiger partial charge in [-0.1, -0.05) is 12.1 Å². The first-order valence-corrected chi connectivity index (χ1v) is 8.49. The normalized spacial score (nSPS) is 10.6. The first kappa shape index (κ1) is 20.0. The number of carbonyl (C=O) groups excluding carboxylic acids is 3. The second kappa shape index (κ2) is 9.38. The van der Waals surface area contributed by atoms with Crippen LogP contribution in [-0.4, -0.2) is 30.9 Å². The molecule has 0 bridgehead atoms. The summed E-state index contributed by atoms with van der Waals surface area (Å²) >= 11 is 0. The zero-order valence-electron chi connectivity index (χ0n) is 15.5. The zero-order valence-corrected chi connectivity index (χ0v) is 15.5. The Bertz CT molecular complexity index is 850. The lowest BCUT2D eigenvalue weighted by Crippen LogP contribution is -2.32. The molecule has 1 heterocycles. The SMILES string of the molecule is CCOC(=O)/C=C/c1ccc(NC(=O)CNC(=O)c2cc(C)oc2C)cc1. The molecule has 1 aromatic carbocycles. The van der Waals surface area contributed by atoms with E-state index in [4.69, 9.17) is 9.15 Å². The first-order chi connectivity index (χ1) is 12.9. The van der Waals surface area contributed by atoms with Crippen molar-refractivity contribution in [3.8, 4) is 0 Å². The van der Waals surface area contributed by atoms with Crippen LogP contribution in [0.15, 0.2) is 40.8 Å². The largest absolute Gasteiger partial charge is 0.466 e. The highest BCUT2D eigenvalue weighted by atomic mass is 16.5. The predicted molar refractivity (Wildman–Crippen MR) is 101 cm³/mol. The minimum atomic E-state index is -0.409. The van der Waals surface area contributed by atoms with Gasteiger partial charge in [-0.05, 0) is 50.6 Å². The molecule has 2 amide bonds. The van der Waals surface area contributed by atoms with E-state index in [0.29, 0.717) is 29.4 Å². The quantitative estimate of drug-likeness (QED) is 0.577. The Labute approximate surface area is 157 Å². The van der Waals surface area contributed by atoms with Crippen LogP contribution in [0, 0.1) is 13.8 Å². The summed E-state index contributed by atoms with van der Waals surface area (Å²) in [5.41, 5.74) is 1.79. The summed E-state index contributed by atoms with van der Waals surface area (Å²) in [6, 6.07) is 8.54. The van der Waals surface area contributed by atoms with Gasteiger partial charge in [0.2, 0.25) is 5.91 Å². The number of ether oxygens (including phenoxy) is 1. The fraction of sp³-hybridized carbons (Fsp3) is 0.250. The van der Waals surface area contributed by atoms with Crippen LogP contribution < -0.4 is 10.6 Å². The van der Waals surface area contributed by atoms with E-state index in [1.165, 1.54) is 6.08 Å². The van der Waals surface area contributed by atoms with Crippen molar-refractivity contribution in [3.63, 3.8) is 0 Å². The molecule has 0 atom stereocenters. The van der Waals surface area contributed by atoms with Crippen LogP contribution in [0.1, 0.15) is 34.4 Å². The number of nitrogens with one attached hydrogen (secondary N) is 2. The molecule has 2 N–H and O–H groups in total. The van der Waals surface area contributed by atoms with Gasteiger partial charge in [0.1, 0.15) is 11.5 Å². The van der Waals surface area contributed by atoms with Crippen LogP contribution in [0.2, 0.25) is 0 Å². The second-order valence-corrected chi connectivity index (χ2v) is 5.77. The molecule has 2 rings (SSSR count). The van der Waals surface area contributed by atoms with Gasteiger partial charge in [0.05, 0.1) is 18.7 Å². The molecule has 0 saturated carbocycles. The fourth-order valence-corrected chi connectivity index (χ4v) is 2.35. The van der Waals surface area contributed by atoms with Crippen LogP contribution >= 0.6 is 0 Å². The van der Waals surface area contributed by atoms with Crippen molar-refractivity contribution in [1.82, 2.24) is 5.32 Å². The van der Waals surface area contributed by atoms with E-state index in [1.54, 1.807) is 57.2 Å². The highest BCUT2D eigenvalue weighted by Gasteiger charge is 2.14. The van der Waals surface area contributed by atoms with Gasteiger partial charge in [0.15, 0.2) is 0 Å². The van der Waals surface area contributed by atoms with Crippen molar-refractivity contribution in [2.75, 3.05) is 18.5 Å². The van der Waals surface area contributed by atoms with Crippen molar-refractivity contribution in [1.29, 1.82) is 0 Å². The van der Waals surface area contributed by atoms with Crippen molar-refractivity contribution in [2.24, 2.45) is 0 Å². The number of amides is 2. The summed E-state index contributed by atoms with van der Waals surface area (Å²) in [6.07, 6.45) is 2.96. The van der Waals surface area contributed by atoms with Crippen LogP contribution in [-0.2, 0) is 14.3 Å². The van der Waals surface area contributed by atoms with Gasteiger partial charge in [-0.15, -0.1) is 0 Å². The number of anilines is 1. The van der Waals surface area contributed by atoms with E-state index < -0.39 is 5.97 Å². The van der Waals surface area contributed by atoms with Gasteiger partial charge in [0.25, 0.3) is 5.91 Å². The van der Waals surface area contributed by atoms with Crippen LogP contribution in [0.25, 0.3) is 6.08 Å². The lowest BCUT2D eigenvalue weighted by Gasteiger charge is -2.07. The Morgan fingerprint density at radius 1 is 1.15 bits per heavy atom. The summed E-state index contributed by atoms with van der Waals surface area (Å²) < 4.78 is 10.1. The number of hydrogen-bond acceptors (Lipinski definition) is 5. The Balaban J connectivity index is 1.84.